The number of hydrogen-bond acceptors (Lipinski definition) is 11. The van der Waals surface area contributed by atoms with E-state index in [1.165, 1.54) is 7.11 Å². The summed E-state index contributed by atoms with van der Waals surface area (Å²) in [5.41, 5.74) is 0. The highest BCUT2D eigenvalue weighted by molar-refractivity contribution is 5.70. The number of esters is 1. The van der Waals surface area contributed by atoms with Gasteiger partial charge in [-0.25, -0.2) is 4.79 Å². The zero-order chi connectivity index (χ0) is 24.2. The number of carbonyl (C=O) groups is 1. The highest BCUT2D eigenvalue weighted by Gasteiger charge is 1.99. The molecule has 0 N–H and O–H groups in total. The third kappa shape index (κ3) is 29.1. The number of hydrogen-bond donors (Lipinski definition) is 0. The second-order valence-corrected chi connectivity index (χ2v) is 6.83. The molecule has 0 rings (SSSR count). The number of ether oxygens (including phenoxy) is 10. The molecule has 0 saturated heterocycles. The number of methoxy groups -OCH3 is 1. The fraction of sp³-hybridized carbons (Fsp3) is 0.955. The summed E-state index contributed by atoms with van der Waals surface area (Å²) < 4.78 is 52.6. The van der Waals surface area contributed by atoms with Crippen molar-refractivity contribution in [2.45, 2.75) is 20.0 Å². The van der Waals surface area contributed by atoms with Crippen molar-refractivity contribution in [3.8, 4) is 0 Å². The Balaban J connectivity index is 3.03. The summed E-state index contributed by atoms with van der Waals surface area (Å²) in [7, 11) is 1.32. The molecule has 198 valence electrons. The average Bonchev–Trinajstić information content (AvgIpc) is 2.80. The molecule has 0 bridgehead atoms. The van der Waals surface area contributed by atoms with Gasteiger partial charge in [0.25, 0.3) is 0 Å². The van der Waals surface area contributed by atoms with Crippen LogP contribution in [0.15, 0.2) is 0 Å². The first kappa shape index (κ1) is 32.1. The van der Waals surface area contributed by atoms with Gasteiger partial charge in [0.05, 0.1) is 119 Å². The summed E-state index contributed by atoms with van der Waals surface area (Å²) in [6.07, 6.45) is 0.231. The maximum absolute atomic E-state index is 10.8. The van der Waals surface area contributed by atoms with Gasteiger partial charge >= 0.3 is 5.97 Å². The van der Waals surface area contributed by atoms with Crippen molar-refractivity contribution >= 4 is 5.97 Å². The molecule has 0 unspecified atom stereocenters. The van der Waals surface area contributed by atoms with E-state index in [1.54, 1.807) is 0 Å². The topological polar surface area (TPSA) is 109 Å². The Labute approximate surface area is 198 Å². The van der Waals surface area contributed by atoms with Crippen molar-refractivity contribution in [3.63, 3.8) is 0 Å². The molecule has 0 aliphatic carbocycles. The van der Waals surface area contributed by atoms with Gasteiger partial charge in [-0.3, -0.25) is 0 Å². The Bertz CT molecular complexity index is 397. The van der Waals surface area contributed by atoms with Crippen LogP contribution in [-0.4, -0.2) is 132 Å². The summed E-state index contributed by atoms with van der Waals surface area (Å²) in [4.78, 5) is 10.8. The first-order valence-electron chi connectivity index (χ1n) is 11.5. The van der Waals surface area contributed by atoms with E-state index >= 15 is 0 Å². The summed E-state index contributed by atoms with van der Waals surface area (Å²) in [5.74, 6) is -0.403. The van der Waals surface area contributed by atoms with E-state index in [1.807, 2.05) is 13.8 Å². The molecule has 11 nitrogen and oxygen atoms in total. The van der Waals surface area contributed by atoms with Crippen molar-refractivity contribution in [1.29, 1.82) is 0 Å². The van der Waals surface area contributed by atoms with Crippen LogP contribution in [0.25, 0.3) is 0 Å². The summed E-state index contributed by atoms with van der Waals surface area (Å²) in [6, 6.07) is 0. The minimum Gasteiger partial charge on any atom is -0.467 e. The van der Waals surface area contributed by atoms with Gasteiger partial charge < -0.3 is 47.4 Å². The van der Waals surface area contributed by atoms with Gasteiger partial charge in [0, 0.05) is 0 Å². The van der Waals surface area contributed by atoms with Gasteiger partial charge in [0.1, 0.15) is 6.61 Å². The quantitative estimate of drug-likeness (QED) is 0.121. The fourth-order valence-electron chi connectivity index (χ4n) is 2.10. The van der Waals surface area contributed by atoms with E-state index in [0.717, 1.165) is 0 Å². The lowest BCUT2D eigenvalue weighted by atomic mass is 10.5. The highest BCUT2D eigenvalue weighted by Crippen LogP contribution is 1.88. The number of rotatable bonds is 27. The van der Waals surface area contributed by atoms with Gasteiger partial charge in [-0.05, 0) is 13.8 Å². The van der Waals surface area contributed by atoms with Crippen LogP contribution in [0.1, 0.15) is 13.8 Å². The molecule has 33 heavy (non-hydrogen) atoms. The normalized spacial score (nSPS) is 11.4. The van der Waals surface area contributed by atoms with Crippen molar-refractivity contribution in [3.05, 3.63) is 0 Å². The summed E-state index contributed by atoms with van der Waals surface area (Å²) in [6.45, 7) is 12.0. The minimum absolute atomic E-state index is 0.0639. The molecule has 0 aliphatic rings. The summed E-state index contributed by atoms with van der Waals surface area (Å²) >= 11 is 0. The largest absolute Gasteiger partial charge is 0.467 e. The maximum Gasteiger partial charge on any atom is 0.331 e. The second-order valence-electron chi connectivity index (χ2n) is 6.83. The molecule has 0 heterocycles. The van der Waals surface area contributed by atoms with E-state index in [2.05, 4.69) is 4.74 Å². The Hall–Kier alpha value is -0.890. The molecule has 0 aromatic heterocycles. The monoisotopic (exact) mass is 484 g/mol. The third-order valence-corrected chi connectivity index (χ3v) is 3.73. The molecule has 0 aromatic rings. The smallest absolute Gasteiger partial charge is 0.331 e. The molecular weight excluding hydrogens is 440 g/mol. The van der Waals surface area contributed by atoms with Crippen LogP contribution in [0.4, 0.5) is 0 Å². The van der Waals surface area contributed by atoms with Gasteiger partial charge in [0.2, 0.25) is 0 Å². The SMILES string of the molecule is COC(=O)COCCOCCOCCOCCOCCOCCOCCOCCOC(C)C. The predicted molar refractivity (Wildman–Crippen MR) is 120 cm³/mol. The Morgan fingerprint density at radius 1 is 0.485 bits per heavy atom. The van der Waals surface area contributed by atoms with E-state index in [9.17, 15) is 4.79 Å². The zero-order valence-corrected chi connectivity index (χ0v) is 20.6. The van der Waals surface area contributed by atoms with E-state index in [4.69, 9.17) is 42.6 Å². The first-order chi connectivity index (χ1) is 16.2. The van der Waals surface area contributed by atoms with Crippen LogP contribution in [0.2, 0.25) is 0 Å². The van der Waals surface area contributed by atoms with Crippen LogP contribution in [0.3, 0.4) is 0 Å². The lowest BCUT2D eigenvalue weighted by molar-refractivity contribution is -0.146. The molecule has 0 spiro atoms. The zero-order valence-electron chi connectivity index (χ0n) is 20.6. The van der Waals surface area contributed by atoms with Gasteiger partial charge in [-0.2, -0.15) is 0 Å². The lowest BCUT2D eigenvalue weighted by Crippen LogP contribution is -2.16. The average molecular weight is 485 g/mol. The number of carbonyl (C=O) groups excluding carboxylic acids is 1. The standard InChI is InChI=1S/C22H44O11/c1-21(2)33-19-18-31-15-14-29-11-10-27-7-6-25-4-5-26-8-9-28-12-13-30-16-17-32-20-22(23)24-3/h21H,4-20H2,1-3H3. The van der Waals surface area contributed by atoms with Gasteiger partial charge in [-0.1, -0.05) is 0 Å². The van der Waals surface area contributed by atoms with Crippen LogP contribution >= 0.6 is 0 Å². The molecule has 0 aliphatic heterocycles. The fourth-order valence-corrected chi connectivity index (χ4v) is 2.10. The van der Waals surface area contributed by atoms with Gasteiger partial charge in [-0.15, -0.1) is 0 Å². The van der Waals surface area contributed by atoms with Gasteiger partial charge in [0.15, 0.2) is 0 Å². The molecule has 0 aromatic carbocycles. The summed E-state index contributed by atoms with van der Waals surface area (Å²) in [5, 5.41) is 0. The Morgan fingerprint density at radius 2 is 0.758 bits per heavy atom. The van der Waals surface area contributed by atoms with Crippen molar-refractivity contribution in [1.82, 2.24) is 0 Å². The molecule has 0 saturated carbocycles. The highest BCUT2D eigenvalue weighted by atomic mass is 16.6. The van der Waals surface area contributed by atoms with Crippen LogP contribution in [0.5, 0.6) is 0 Å². The maximum atomic E-state index is 10.8. The second kappa shape index (κ2) is 27.4. The molecule has 11 heteroatoms. The van der Waals surface area contributed by atoms with Crippen LogP contribution < -0.4 is 0 Å². The van der Waals surface area contributed by atoms with Crippen molar-refractivity contribution < 1.29 is 52.2 Å². The van der Waals surface area contributed by atoms with Crippen LogP contribution in [-0.2, 0) is 52.2 Å². The molecule has 0 fully saturated rings. The third-order valence-electron chi connectivity index (χ3n) is 3.73. The Morgan fingerprint density at radius 3 is 1.03 bits per heavy atom. The van der Waals surface area contributed by atoms with Crippen molar-refractivity contribution in [2.75, 3.05) is 119 Å². The predicted octanol–water partition coefficient (Wildman–Crippen LogP) is 0.717. The van der Waals surface area contributed by atoms with Crippen molar-refractivity contribution in [2.24, 2.45) is 0 Å². The lowest BCUT2D eigenvalue weighted by Gasteiger charge is -2.09. The van der Waals surface area contributed by atoms with Crippen LogP contribution in [0, 0.1) is 0 Å². The molecule has 0 amide bonds. The van der Waals surface area contributed by atoms with E-state index in [0.29, 0.717) is 106 Å². The molecular formula is C22H44O11. The van der Waals surface area contributed by atoms with E-state index < -0.39 is 5.97 Å². The molecule has 0 radical (unpaired) electrons. The van der Waals surface area contributed by atoms with E-state index in [-0.39, 0.29) is 12.7 Å². The first-order valence-corrected chi connectivity index (χ1v) is 11.5. The Kier molecular flexibility index (Phi) is 26.6. The minimum atomic E-state index is -0.403. The molecule has 0 atom stereocenters.